The summed E-state index contributed by atoms with van der Waals surface area (Å²) in [6.45, 7) is 3.36. The van der Waals surface area contributed by atoms with Crippen LogP contribution in [0.4, 0.5) is 0 Å². The third-order valence-corrected chi connectivity index (χ3v) is 3.64. The number of ether oxygens (including phenoxy) is 4. The minimum Gasteiger partial charge on any atom is -0.462 e. The Balaban J connectivity index is 5.37. The summed E-state index contributed by atoms with van der Waals surface area (Å²) < 4.78 is 19.6. The van der Waals surface area contributed by atoms with Crippen LogP contribution in [0.5, 0.6) is 0 Å². The molecule has 0 heterocycles. The van der Waals surface area contributed by atoms with Crippen LogP contribution in [0.2, 0.25) is 0 Å². The van der Waals surface area contributed by atoms with Gasteiger partial charge in [-0.25, -0.2) is 0 Å². The number of alkyl halides is 2. The van der Waals surface area contributed by atoms with Crippen molar-refractivity contribution in [2.75, 3.05) is 6.61 Å². The first-order chi connectivity index (χ1) is 10.2. The van der Waals surface area contributed by atoms with E-state index in [9.17, 15) is 19.2 Å². The van der Waals surface area contributed by atoms with Gasteiger partial charge in [0.25, 0.3) is 6.47 Å². The zero-order valence-electron chi connectivity index (χ0n) is 12.1. The molecule has 0 radical (unpaired) electrons. The van der Waals surface area contributed by atoms with Gasteiger partial charge in [-0.15, -0.1) is 0 Å². The number of esters is 3. The topological polar surface area (TPSA) is 105 Å². The summed E-state index contributed by atoms with van der Waals surface area (Å²) in [5.41, 5.74) is 0. The lowest BCUT2D eigenvalue weighted by molar-refractivity contribution is -0.183. The fourth-order valence-electron chi connectivity index (χ4n) is 1.48. The lowest BCUT2D eigenvalue weighted by Gasteiger charge is -2.31. The highest BCUT2D eigenvalue weighted by Crippen LogP contribution is 2.25. The van der Waals surface area contributed by atoms with Gasteiger partial charge in [0, 0.05) is 20.8 Å². The third kappa shape index (κ3) is 8.70. The Morgan fingerprint density at radius 2 is 1.45 bits per heavy atom. The quantitative estimate of drug-likeness (QED) is 0.141. The van der Waals surface area contributed by atoms with Crippen LogP contribution in [-0.4, -0.2) is 51.2 Å². The highest BCUT2D eigenvalue weighted by molar-refractivity contribution is 14.2. The number of halogens is 2. The molecule has 126 valence electrons. The Labute approximate surface area is 154 Å². The zero-order chi connectivity index (χ0) is 17.3. The lowest BCUT2D eigenvalue weighted by atomic mass is 10.1. The summed E-state index contributed by atoms with van der Waals surface area (Å²) in [5.74, 6) is -1.83. The molecule has 0 N–H and O–H groups in total. The molecule has 0 fully saturated rings. The number of rotatable bonds is 9. The van der Waals surface area contributed by atoms with Gasteiger partial charge in [0.15, 0.2) is 18.3 Å². The summed E-state index contributed by atoms with van der Waals surface area (Å²) in [7, 11) is 0. The minimum absolute atomic E-state index is 0.144. The molecule has 0 amide bonds. The maximum Gasteiger partial charge on any atom is 0.303 e. The second kappa shape index (κ2) is 11.0. The van der Waals surface area contributed by atoms with E-state index in [1.807, 2.05) is 45.2 Å². The molecule has 22 heavy (non-hydrogen) atoms. The van der Waals surface area contributed by atoms with Crippen molar-refractivity contribution in [3.8, 4) is 0 Å². The van der Waals surface area contributed by atoms with E-state index in [4.69, 9.17) is 18.9 Å². The molecular weight excluding hydrogens is 526 g/mol. The monoisotopic (exact) mass is 542 g/mol. The van der Waals surface area contributed by atoms with Crippen LogP contribution in [0, 0.1) is 0 Å². The van der Waals surface area contributed by atoms with Crippen molar-refractivity contribution in [1.29, 1.82) is 0 Å². The van der Waals surface area contributed by atoms with E-state index < -0.39 is 36.2 Å². The number of carbonyl (C=O) groups excluding carboxylic acids is 4. The van der Waals surface area contributed by atoms with Gasteiger partial charge in [0.1, 0.15) is 8.54 Å². The molecular formula is C12H16I2O8. The van der Waals surface area contributed by atoms with Crippen molar-refractivity contribution in [2.24, 2.45) is 0 Å². The molecule has 0 unspecified atom stereocenters. The average molecular weight is 542 g/mol. The van der Waals surface area contributed by atoms with E-state index >= 15 is 0 Å². The molecule has 0 aromatic heterocycles. The molecule has 8 nitrogen and oxygen atoms in total. The van der Waals surface area contributed by atoms with Gasteiger partial charge in [-0.2, -0.15) is 0 Å². The Morgan fingerprint density at radius 1 is 0.955 bits per heavy atom. The van der Waals surface area contributed by atoms with Gasteiger partial charge in [0.05, 0.1) is 0 Å². The van der Waals surface area contributed by atoms with Crippen molar-refractivity contribution in [3.05, 3.63) is 0 Å². The van der Waals surface area contributed by atoms with Crippen molar-refractivity contribution >= 4 is 69.6 Å². The maximum atomic E-state index is 11.3. The summed E-state index contributed by atoms with van der Waals surface area (Å²) in [6, 6.07) is 0. The standard InChI is InChI=1S/C12H16I2O8/c1-6(16)19-4-9(20-5-15)10(21-7(2)17)11(12(13)14)22-8(3)18/h5,9-12H,4H2,1-3H3/t9-,10+,11+/m1/s1. The Kier molecular flexibility index (Phi) is 10.6. The molecule has 0 saturated heterocycles. The molecule has 0 saturated carbocycles. The summed E-state index contributed by atoms with van der Waals surface area (Å²) in [6.07, 6.45) is -3.09. The molecule has 0 rings (SSSR count). The molecule has 0 aliphatic heterocycles. The Hall–Kier alpha value is -0.660. The first-order valence-corrected chi connectivity index (χ1v) is 8.53. The third-order valence-electron chi connectivity index (χ3n) is 2.22. The zero-order valence-corrected chi connectivity index (χ0v) is 16.4. The van der Waals surface area contributed by atoms with Gasteiger partial charge in [-0.1, -0.05) is 45.2 Å². The molecule has 0 aliphatic rings. The van der Waals surface area contributed by atoms with Crippen LogP contribution in [0.25, 0.3) is 0 Å². The summed E-state index contributed by atoms with van der Waals surface area (Å²) >= 11 is 3.94. The van der Waals surface area contributed by atoms with Crippen molar-refractivity contribution < 1.29 is 38.1 Å². The van der Waals surface area contributed by atoms with E-state index in [2.05, 4.69) is 0 Å². The molecule has 3 atom stereocenters. The number of hydrogen-bond acceptors (Lipinski definition) is 8. The van der Waals surface area contributed by atoms with E-state index in [0.29, 0.717) is 0 Å². The summed E-state index contributed by atoms with van der Waals surface area (Å²) in [4.78, 5) is 44.1. The normalized spacial score (nSPS) is 14.5. The fourth-order valence-corrected chi connectivity index (χ4v) is 2.59. The van der Waals surface area contributed by atoms with Gasteiger partial charge < -0.3 is 18.9 Å². The van der Waals surface area contributed by atoms with Crippen LogP contribution >= 0.6 is 45.2 Å². The smallest absolute Gasteiger partial charge is 0.303 e. The first-order valence-electron chi connectivity index (χ1n) is 6.04. The van der Waals surface area contributed by atoms with E-state index in [-0.39, 0.29) is 15.0 Å². The fraction of sp³-hybridized carbons (Fsp3) is 0.667. The second-order valence-corrected chi connectivity index (χ2v) is 9.12. The maximum absolute atomic E-state index is 11.3. The van der Waals surface area contributed by atoms with Gasteiger partial charge in [0.2, 0.25) is 0 Å². The van der Waals surface area contributed by atoms with Crippen LogP contribution < -0.4 is 0 Å². The summed E-state index contributed by atoms with van der Waals surface area (Å²) in [5, 5.41) is 0. The van der Waals surface area contributed by atoms with Crippen molar-refractivity contribution in [1.82, 2.24) is 0 Å². The molecule has 0 aromatic rings. The van der Waals surface area contributed by atoms with Gasteiger partial charge in [-0.05, 0) is 0 Å². The van der Waals surface area contributed by atoms with Crippen LogP contribution in [0.1, 0.15) is 20.8 Å². The molecule has 0 aliphatic carbocycles. The Morgan fingerprint density at radius 3 is 1.82 bits per heavy atom. The van der Waals surface area contributed by atoms with E-state index in [1.54, 1.807) is 0 Å². The van der Waals surface area contributed by atoms with Crippen LogP contribution in [0.3, 0.4) is 0 Å². The number of hydrogen-bond donors (Lipinski definition) is 0. The molecule has 0 aromatic carbocycles. The highest BCUT2D eigenvalue weighted by Gasteiger charge is 2.40. The molecule has 0 spiro atoms. The average Bonchev–Trinajstić information content (AvgIpc) is 2.37. The van der Waals surface area contributed by atoms with Gasteiger partial charge >= 0.3 is 17.9 Å². The SMILES string of the molecule is CC(=O)OC[C@@H](OC=O)[C@H](OC(C)=O)[C@H](OC(C)=O)C(I)I. The predicted octanol–water partition coefficient (Wildman–Crippen LogP) is 1.15. The lowest BCUT2D eigenvalue weighted by Crippen LogP contribution is -2.49. The van der Waals surface area contributed by atoms with Crippen molar-refractivity contribution in [3.63, 3.8) is 0 Å². The minimum atomic E-state index is -1.11. The van der Waals surface area contributed by atoms with E-state index in [0.717, 1.165) is 6.92 Å². The first kappa shape index (κ1) is 21.3. The Bertz CT molecular complexity index is 412. The van der Waals surface area contributed by atoms with E-state index in [1.165, 1.54) is 13.8 Å². The van der Waals surface area contributed by atoms with Crippen molar-refractivity contribution in [2.45, 2.75) is 41.0 Å². The molecule has 0 bridgehead atoms. The predicted molar refractivity (Wildman–Crippen MR) is 90.5 cm³/mol. The van der Waals surface area contributed by atoms with Gasteiger partial charge in [-0.3, -0.25) is 19.2 Å². The second-order valence-electron chi connectivity index (χ2n) is 4.06. The van der Waals surface area contributed by atoms with Crippen LogP contribution in [0.15, 0.2) is 0 Å². The number of carbonyl (C=O) groups is 4. The highest BCUT2D eigenvalue weighted by atomic mass is 127. The largest absolute Gasteiger partial charge is 0.462 e. The molecule has 10 heteroatoms. The van der Waals surface area contributed by atoms with Crippen LogP contribution in [-0.2, 0) is 38.1 Å².